The standard InChI is InChI=1S/C10H18N2S/c1-8-9(2)12(7-11-8)5-10(3,4)6-13/h7,13H,5-6H2,1-4H3. The van der Waals surface area contributed by atoms with E-state index in [1.165, 1.54) is 5.69 Å². The van der Waals surface area contributed by atoms with Crippen molar-refractivity contribution in [2.75, 3.05) is 5.75 Å². The fraction of sp³-hybridized carbons (Fsp3) is 0.700. The smallest absolute Gasteiger partial charge is 0.0951 e. The number of hydrogen-bond acceptors (Lipinski definition) is 2. The molecule has 0 aliphatic carbocycles. The minimum atomic E-state index is 0.237. The van der Waals surface area contributed by atoms with Gasteiger partial charge in [-0.05, 0) is 25.0 Å². The van der Waals surface area contributed by atoms with Crippen molar-refractivity contribution in [3.05, 3.63) is 17.7 Å². The van der Waals surface area contributed by atoms with Crippen molar-refractivity contribution in [1.29, 1.82) is 0 Å². The zero-order valence-corrected chi connectivity index (χ0v) is 9.73. The minimum absolute atomic E-state index is 0.237. The van der Waals surface area contributed by atoms with Gasteiger partial charge in [0.25, 0.3) is 0 Å². The quantitative estimate of drug-likeness (QED) is 0.739. The number of aryl methyl sites for hydroxylation is 1. The molecule has 74 valence electrons. The summed E-state index contributed by atoms with van der Waals surface area (Å²) in [5.74, 6) is 0.893. The molecule has 0 atom stereocenters. The molecular formula is C10H18N2S. The third kappa shape index (κ3) is 2.50. The van der Waals surface area contributed by atoms with Gasteiger partial charge in [-0.25, -0.2) is 4.98 Å². The van der Waals surface area contributed by atoms with Crippen molar-refractivity contribution < 1.29 is 0 Å². The third-order valence-corrected chi connectivity index (χ3v) is 3.23. The van der Waals surface area contributed by atoms with Crippen molar-refractivity contribution in [3.8, 4) is 0 Å². The van der Waals surface area contributed by atoms with Crippen LogP contribution in [0, 0.1) is 19.3 Å². The Morgan fingerprint density at radius 1 is 1.46 bits per heavy atom. The highest BCUT2D eigenvalue weighted by molar-refractivity contribution is 7.80. The normalized spacial score (nSPS) is 12.1. The van der Waals surface area contributed by atoms with E-state index in [9.17, 15) is 0 Å². The molecule has 13 heavy (non-hydrogen) atoms. The van der Waals surface area contributed by atoms with Crippen LogP contribution in [0.25, 0.3) is 0 Å². The topological polar surface area (TPSA) is 17.8 Å². The Morgan fingerprint density at radius 3 is 2.46 bits per heavy atom. The highest BCUT2D eigenvalue weighted by Gasteiger charge is 2.17. The van der Waals surface area contributed by atoms with E-state index in [-0.39, 0.29) is 5.41 Å². The second-order valence-corrected chi connectivity index (χ2v) is 4.68. The molecule has 1 aromatic heterocycles. The van der Waals surface area contributed by atoms with Gasteiger partial charge >= 0.3 is 0 Å². The summed E-state index contributed by atoms with van der Waals surface area (Å²) in [6.07, 6.45) is 1.91. The van der Waals surface area contributed by atoms with Crippen LogP contribution in [0.5, 0.6) is 0 Å². The average Bonchev–Trinajstić information content (AvgIpc) is 2.36. The van der Waals surface area contributed by atoms with Gasteiger partial charge in [-0.1, -0.05) is 13.8 Å². The lowest BCUT2D eigenvalue weighted by atomic mass is 9.96. The first kappa shape index (κ1) is 10.6. The van der Waals surface area contributed by atoms with E-state index in [0.29, 0.717) is 0 Å². The molecule has 1 aromatic rings. The minimum Gasteiger partial charge on any atom is -0.334 e. The van der Waals surface area contributed by atoms with Crippen LogP contribution in [-0.2, 0) is 6.54 Å². The Balaban J connectivity index is 2.80. The molecule has 0 saturated heterocycles. The highest BCUT2D eigenvalue weighted by atomic mass is 32.1. The van der Waals surface area contributed by atoms with E-state index in [1.807, 2.05) is 13.3 Å². The predicted octanol–water partition coefficient (Wildman–Crippen LogP) is 2.46. The van der Waals surface area contributed by atoms with E-state index < -0.39 is 0 Å². The average molecular weight is 198 g/mol. The maximum absolute atomic E-state index is 4.34. The molecule has 1 heterocycles. The van der Waals surface area contributed by atoms with Crippen molar-refractivity contribution in [2.45, 2.75) is 34.2 Å². The molecule has 2 nitrogen and oxygen atoms in total. The molecule has 1 rings (SSSR count). The van der Waals surface area contributed by atoms with Gasteiger partial charge in [-0.3, -0.25) is 0 Å². The molecule has 3 heteroatoms. The third-order valence-electron chi connectivity index (χ3n) is 2.37. The van der Waals surface area contributed by atoms with Crippen molar-refractivity contribution >= 4 is 12.6 Å². The van der Waals surface area contributed by atoms with Crippen LogP contribution in [-0.4, -0.2) is 15.3 Å². The summed E-state index contributed by atoms with van der Waals surface area (Å²) in [4.78, 5) is 4.27. The van der Waals surface area contributed by atoms with Crippen molar-refractivity contribution in [2.24, 2.45) is 5.41 Å². The molecule has 0 aliphatic heterocycles. The van der Waals surface area contributed by atoms with Crippen LogP contribution < -0.4 is 0 Å². The molecule has 0 unspecified atom stereocenters. The maximum atomic E-state index is 4.34. The monoisotopic (exact) mass is 198 g/mol. The molecule has 0 bridgehead atoms. The largest absolute Gasteiger partial charge is 0.334 e. The lowest BCUT2D eigenvalue weighted by Crippen LogP contribution is -2.21. The maximum Gasteiger partial charge on any atom is 0.0951 e. The van der Waals surface area contributed by atoms with Gasteiger partial charge in [0.05, 0.1) is 12.0 Å². The molecule has 0 aromatic carbocycles. The van der Waals surface area contributed by atoms with E-state index in [2.05, 4.69) is 43.0 Å². The number of imidazole rings is 1. The Bertz CT molecular complexity index is 289. The summed E-state index contributed by atoms with van der Waals surface area (Å²) >= 11 is 4.34. The first-order valence-electron chi connectivity index (χ1n) is 4.55. The fourth-order valence-electron chi connectivity index (χ4n) is 1.21. The second-order valence-electron chi connectivity index (χ2n) is 4.37. The van der Waals surface area contributed by atoms with Gasteiger partial charge in [0.15, 0.2) is 0 Å². The summed E-state index contributed by atoms with van der Waals surface area (Å²) in [5, 5.41) is 0. The molecule has 0 aliphatic rings. The van der Waals surface area contributed by atoms with Gasteiger partial charge in [0.2, 0.25) is 0 Å². The summed E-state index contributed by atoms with van der Waals surface area (Å²) in [5.41, 5.74) is 2.62. The van der Waals surface area contributed by atoms with Crippen molar-refractivity contribution in [3.63, 3.8) is 0 Å². The molecular weight excluding hydrogens is 180 g/mol. The zero-order valence-electron chi connectivity index (χ0n) is 8.83. The number of rotatable bonds is 3. The zero-order chi connectivity index (χ0) is 10.1. The lowest BCUT2D eigenvalue weighted by molar-refractivity contribution is 0.349. The van der Waals surface area contributed by atoms with Gasteiger partial charge in [0, 0.05) is 12.2 Å². The number of thiol groups is 1. The number of aromatic nitrogens is 2. The Morgan fingerprint density at radius 2 is 2.08 bits per heavy atom. The van der Waals surface area contributed by atoms with Crippen LogP contribution in [0.4, 0.5) is 0 Å². The van der Waals surface area contributed by atoms with Gasteiger partial charge in [0.1, 0.15) is 0 Å². The van der Waals surface area contributed by atoms with Crippen molar-refractivity contribution in [1.82, 2.24) is 9.55 Å². The molecule has 0 radical (unpaired) electrons. The SMILES string of the molecule is Cc1ncn(CC(C)(C)CS)c1C. The molecule has 0 spiro atoms. The summed E-state index contributed by atoms with van der Waals surface area (Å²) in [6, 6.07) is 0. The van der Waals surface area contributed by atoms with Gasteiger partial charge in [-0.2, -0.15) is 12.6 Å². The van der Waals surface area contributed by atoms with E-state index in [1.54, 1.807) is 0 Å². The fourth-order valence-corrected chi connectivity index (χ4v) is 1.31. The van der Waals surface area contributed by atoms with Crippen LogP contribution in [0.3, 0.4) is 0 Å². The van der Waals surface area contributed by atoms with Crippen LogP contribution in [0.2, 0.25) is 0 Å². The Hall–Kier alpha value is -0.440. The molecule has 0 fully saturated rings. The van der Waals surface area contributed by atoms with E-state index in [0.717, 1.165) is 18.0 Å². The predicted molar refractivity (Wildman–Crippen MR) is 59.3 cm³/mol. The number of hydrogen-bond donors (Lipinski definition) is 1. The van der Waals surface area contributed by atoms with Gasteiger partial charge < -0.3 is 4.57 Å². The first-order valence-corrected chi connectivity index (χ1v) is 5.19. The second kappa shape index (κ2) is 3.74. The lowest BCUT2D eigenvalue weighted by Gasteiger charge is -2.23. The molecule has 0 saturated carbocycles. The Kier molecular flexibility index (Phi) is 3.06. The summed E-state index contributed by atoms with van der Waals surface area (Å²) in [6.45, 7) is 9.57. The van der Waals surface area contributed by atoms with E-state index in [4.69, 9.17) is 0 Å². The van der Waals surface area contributed by atoms with E-state index >= 15 is 0 Å². The van der Waals surface area contributed by atoms with Crippen LogP contribution in [0.15, 0.2) is 6.33 Å². The van der Waals surface area contributed by atoms with Gasteiger partial charge in [-0.15, -0.1) is 0 Å². The molecule has 0 amide bonds. The highest BCUT2D eigenvalue weighted by Crippen LogP contribution is 2.20. The number of nitrogens with zero attached hydrogens (tertiary/aromatic N) is 2. The summed E-state index contributed by atoms with van der Waals surface area (Å²) < 4.78 is 2.20. The summed E-state index contributed by atoms with van der Waals surface area (Å²) in [7, 11) is 0. The van der Waals surface area contributed by atoms with Crippen LogP contribution >= 0.6 is 12.6 Å². The van der Waals surface area contributed by atoms with Crippen LogP contribution in [0.1, 0.15) is 25.2 Å². The Labute approximate surface area is 85.8 Å². The molecule has 0 N–H and O–H groups in total. The first-order chi connectivity index (χ1) is 5.96.